The van der Waals surface area contributed by atoms with Gasteiger partial charge in [0.2, 0.25) is 0 Å². The second kappa shape index (κ2) is 6.55. The van der Waals surface area contributed by atoms with Crippen molar-refractivity contribution in [3.63, 3.8) is 0 Å². The van der Waals surface area contributed by atoms with Crippen molar-refractivity contribution in [1.82, 2.24) is 5.32 Å². The van der Waals surface area contributed by atoms with Gasteiger partial charge in [-0.2, -0.15) is 0 Å². The molecule has 0 spiro atoms. The summed E-state index contributed by atoms with van der Waals surface area (Å²) >= 11 is 5.89. The third-order valence-electron chi connectivity index (χ3n) is 3.46. The molecule has 0 amide bonds. The van der Waals surface area contributed by atoms with Gasteiger partial charge in [0, 0.05) is 23.7 Å². The second-order valence-corrected chi connectivity index (χ2v) is 5.74. The Labute approximate surface area is 115 Å². The van der Waals surface area contributed by atoms with Crippen LogP contribution in [-0.4, -0.2) is 24.8 Å². The number of hydrogen-bond acceptors (Lipinski definition) is 2. The predicted molar refractivity (Wildman–Crippen MR) is 76.2 cm³/mol. The van der Waals surface area contributed by atoms with Gasteiger partial charge in [-0.3, -0.25) is 0 Å². The molecule has 1 aromatic rings. The first-order valence-electron chi connectivity index (χ1n) is 6.75. The molecule has 1 fully saturated rings. The van der Waals surface area contributed by atoms with Crippen LogP contribution in [0.2, 0.25) is 5.02 Å². The van der Waals surface area contributed by atoms with E-state index in [0.29, 0.717) is 18.2 Å². The quantitative estimate of drug-likeness (QED) is 0.903. The fourth-order valence-electron chi connectivity index (χ4n) is 2.58. The molecule has 0 bridgehead atoms. The summed E-state index contributed by atoms with van der Waals surface area (Å²) in [6, 6.07) is 9.21. The second-order valence-electron chi connectivity index (χ2n) is 5.30. The van der Waals surface area contributed by atoms with Crippen LogP contribution in [0.25, 0.3) is 0 Å². The smallest absolute Gasteiger partial charge is 0.0561 e. The minimum Gasteiger partial charge on any atom is -0.378 e. The van der Waals surface area contributed by atoms with Crippen LogP contribution < -0.4 is 5.32 Å². The zero-order valence-electron chi connectivity index (χ0n) is 11.2. The molecule has 0 aliphatic carbocycles. The molecule has 3 unspecified atom stereocenters. The molecular weight excluding hydrogens is 246 g/mol. The highest BCUT2D eigenvalue weighted by atomic mass is 35.5. The van der Waals surface area contributed by atoms with Gasteiger partial charge in [-0.1, -0.05) is 23.7 Å². The average Bonchev–Trinajstić information content (AvgIpc) is 2.32. The standard InChI is InChI=1S/C15H22ClNO/c1-11(9-13-3-5-14(16)6-4-13)17-15-7-8-18-12(2)10-15/h3-6,11-12,15,17H,7-10H2,1-2H3. The Morgan fingerprint density at radius 3 is 2.78 bits per heavy atom. The normalized spacial score (nSPS) is 25.9. The molecule has 1 aromatic carbocycles. The van der Waals surface area contributed by atoms with Crippen LogP contribution >= 0.6 is 11.6 Å². The van der Waals surface area contributed by atoms with Crippen LogP contribution in [0.4, 0.5) is 0 Å². The molecule has 1 aliphatic heterocycles. The van der Waals surface area contributed by atoms with Crippen molar-refractivity contribution in [2.24, 2.45) is 0 Å². The fourth-order valence-corrected chi connectivity index (χ4v) is 2.71. The van der Waals surface area contributed by atoms with E-state index in [2.05, 4.69) is 31.3 Å². The van der Waals surface area contributed by atoms with E-state index >= 15 is 0 Å². The van der Waals surface area contributed by atoms with Gasteiger partial charge >= 0.3 is 0 Å². The SMILES string of the molecule is CC(Cc1ccc(Cl)cc1)NC1CCOC(C)C1. The molecule has 0 radical (unpaired) electrons. The van der Waals surface area contributed by atoms with Gasteiger partial charge in [0.15, 0.2) is 0 Å². The maximum Gasteiger partial charge on any atom is 0.0561 e. The van der Waals surface area contributed by atoms with E-state index in [0.717, 1.165) is 30.9 Å². The Morgan fingerprint density at radius 1 is 1.39 bits per heavy atom. The lowest BCUT2D eigenvalue weighted by atomic mass is 10.0. The lowest BCUT2D eigenvalue weighted by Gasteiger charge is -2.30. The van der Waals surface area contributed by atoms with Crippen molar-refractivity contribution in [3.8, 4) is 0 Å². The number of hydrogen-bond donors (Lipinski definition) is 1. The van der Waals surface area contributed by atoms with Crippen molar-refractivity contribution in [1.29, 1.82) is 0 Å². The molecular formula is C15H22ClNO. The molecule has 2 rings (SSSR count). The monoisotopic (exact) mass is 267 g/mol. The molecule has 1 saturated heterocycles. The molecule has 1 heterocycles. The van der Waals surface area contributed by atoms with Gasteiger partial charge in [0.1, 0.15) is 0 Å². The van der Waals surface area contributed by atoms with E-state index in [1.165, 1.54) is 5.56 Å². The van der Waals surface area contributed by atoms with Gasteiger partial charge in [0.05, 0.1) is 6.10 Å². The van der Waals surface area contributed by atoms with E-state index in [9.17, 15) is 0 Å². The zero-order valence-corrected chi connectivity index (χ0v) is 11.9. The highest BCUT2D eigenvalue weighted by molar-refractivity contribution is 6.30. The third-order valence-corrected chi connectivity index (χ3v) is 3.71. The van der Waals surface area contributed by atoms with Crippen LogP contribution in [0.1, 0.15) is 32.3 Å². The van der Waals surface area contributed by atoms with Crippen LogP contribution in [-0.2, 0) is 11.2 Å². The summed E-state index contributed by atoms with van der Waals surface area (Å²) in [4.78, 5) is 0. The third kappa shape index (κ3) is 4.27. The summed E-state index contributed by atoms with van der Waals surface area (Å²) in [7, 11) is 0. The van der Waals surface area contributed by atoms with E-state index in [4.69, 9.17) is 16.3 Å². The molecule has 100 valence electrons. The van der Waals surface area contributed by atoms with Crippen molar-refractivity contribution in [2.75, 3.05) is 6.61 Å². The largest absolute Gasteiger partial charge is 0.378 e. The van der Waals surface area contributed by atoms with E-state index < -0.39 is 0 Å². The van der Waals surface area contributed by atoms with Gasteiger partial charge < -0.3 is 10.1 Å². The van der Waals surface area contributed by atoms with Gasteiger partial charge in [0.25, 0.3) is 0 Å². The van der Waals surface area contributed by atoms with Gasteiger partial charge in [-0.15, -0.1) is 0 Å². The molecule has 0 aromatic heterocycles. The minimum atomic E-state index is 0.388. The van der Waals surface area contributed by atoms with E-state index in [1.54, 1.807) is 0 Å². The zero-order chi connectivity index (χ0) is 13.0. The topological polar surface area (TPSA) is 21.3 Å². The Balaban J connectivity index is 1.81. The van der Waals surface area contributed by atoms with Gasteiger partial charge in [-0.05, 0) is 50.8 Å². The Morgan fingerprint density at radius 2 is 2.11 bits per heavy atom. The van der Waals surface area contributed by atoms with Crippen molar-refractivity contribution in [3.05, 3.63) is 34.9 Å². The molecule has 0 saturated carbocycles. The first-order chi connectivity index (χ1) is 8.63. The van der Waals surface area contributed by atoms with Crippen molar-refractivity contribution < 1.29 is 4.74 Å². The number of ether oxygens (including phenoxy) is 1. The van der Waals surface area contributed by atoms with Crippen LogP contribution in [0.15, 0.2) is 24.3 Å². The van der Waals surface area contributed by atoms with Gasteiger partial charge in [-0.25, -0.2) is 0 Å². The maximum absolute atomic E-state index is 5.89. The molecule has 1 aliphatic rings. The molecule has 18 heavy (non-hydrogen) atoms. The number of nitrogens with one attached hydrogen (secondary N) is 1. The minimum absolute atomic E-state index is 0.388. The molecule has 3 heteroatoms. The average molecular weight is 268 g/mol. The summed E-state index contributed by atoms with van der Waals surface area (Å²) < 4.78 is 5.57. The lowest BCUT2D eigenvalue weighted by Crippen LogP contribution is -2.43. The number of halogens is 1. The molecule has 2 nitrogen and oxygen atoms in total. The summed E-state index contributed by atoms with van der Waals surface area (Å²) in [5.74, 6) is 0. The number of rotatable bonds is 4. The Hall–Kier alpha value is -0.570. The van der Waals surface area contributed by atoms with Crippen LogP contribution in [0.5, 0.6) is 0 Å². The summed E-state index contributed by atoms with van der Waals surface area (Å²) in [6.45, 7) is 5.28. The molecule has 3 atom stereocenters. The molecule has 1 N–H and O–H groups in total. The summed E-state index contributed by atoms with van der Waals surface area (Å²) in [5, 5.41) is 4.50. The van der Waals surface area contributed by atoms with Crippen molar-refractivity contribution in [2.45, 2.75) is 51.3 Å². The Kier molecular flexibility index (Phi) is 5.04. The van der Waals surface area contributed by atoms with Crippen LogP contribution in [0, 0.1) is 0 Å². The highest BCUT2D eigenvalue weighted by Crippen LogP contribution is 2.15. The summed E-state index contributed by atoms with van der Waals surface area (Å²) in [6.07, 6.45) is 3.67. The van der Waals surface area contributed by atoms with Crippen molar-refractivity contribution >= 4 is 11.6 Å². The predicted octanol–water partition coefficient (Wildman–Crippen LogP) is 3.43. The Bertz CT molecular complexity index is 365. The van der Waals surface area contributed by atoms with E-state index in [1.807, 2.05) is 12.1 Å². The van der Waals surface area contributed by atoms with E-state index in [-0.39, 0.29) is 0 Å². The highest BCUT2D eigenvalue weighted by Gasteiger charge is 2.20. The fraction of sp³-hybridized carbons (Fsp3) is 0.600. The lowest BCUT2D eigenvalue weighted by molar-refractivity contribution is 0.0116. The van der Waals surface area contributed by atoms with Crippen LogP contribution in [0.3, 0.4) is 0 Å². The first-order valence-corrected chi connectivity index (χ1v) is 7.13. The maximum atomic E-state index is 5.89. The summed E-state index contributed by atoms with van der Waals surface area (Å²) in [5.41, 5.74) is 1.33. The first kappa shape index (κ1) is 13.9. The number of benzene rings is 1.